The molecule has 0 saturated carbocycles. The smallest absolute Gasteiger partial charge is 0.143 e. The van der Waals surface area contributed by atoms with Gasteiger partial charge in [-0.3, -0.25) is 9.97 Å². The van der Waals surface area contributed by atoms with Gasteiger partial charge in [-0.05, 0) is 12.1 Å². The number of phenolic OH excluding ortho intramolecular Hbond substituents is 1. The lowest BCUT2D eigenvalue weighted by atomic mass is 10.1. The molecule has 0 amide bonds. The molecule has 3 aromatic rings. The molecule has 3 nitrogen and oxygen atoms in total. The van der Waals surface area contributed by atoms with Crippen LogP contribution in [0.25, 0.3) is 21.8 Å². The Morgan fingerprint density at radius 1 is 0.933 bits per heavy atom. The van der Waals surface area contributed by atoms with E-state index in [0.29, 0.717) is 5.52 Å². The zero-order valence-corrected chi connectivity index (χ0v) is 7.88. The highest BCUT2D eigenvalue weighted by Gasteiger charge is 2.05. The molecular formula is C12H8N2O. The predicted molar refractivity (Wildman–Crippen MR) is 58.7 cm³/mol. The molecule has 0 aliphatic rings. The Morgan fingerprint density at radius 3 is 2.53 bits per heavy atom. The average molecular weight is 196 g/mol. The van der Waals surface area contributed by atoms with Crippen molar-refractivity contribution in [3.05, 3.63) is 42.7 Å². The summed E-state index contributed by atoms with van der Waals surface area (Å²) in [6, 6.07) is 9.29. The second-order valence-electron chi connectivity index (χ2n) is 3.37. The van der Waals surface area contributed by atoms with E-state index < -0.39 is 0 Å². The van der Waals surface area contributed by atoms with E-state index in [2.05, 4.69) is 9.97 Å². The topological polar surface area (TPSA) is 46.0 Å². The van der Waals surface area contributed by atoms with Crippen LogP contribution in [0.2, 0.25) is 0 Å². The van der Waals surface area contributed by atoms with Crippen molar-refractivity contribution in [2.45, 2.75) is 0 Å². The van der Waals surface area contributed by atoms with E-state index in [-0.39, 0.29) is 5.75 Å². The maximum atomic E-state index is 9.77. The van der Waals surface area contributed by atoms with Gasteiger partial charge in [0.1, 0.15) is 11.3 Å². The van der Waals surface area contributed by atoms with Crippen molar-refractivity contribution in [3.8, 4) is 5.75 Å². The van der Waals surface area contributed by atoms with E-state index >= 15 is 0 Å². The third-order valence-electron chi connectivity index (χ3n) is 2.45. The summed E-state index contributed by atoms with van der Waals surface area (Å²) in [6.07, 6.45) is 3.38. The van der Waals surface area contributed by atoms with Crippen LogP contribution in [0, 0.1) is 0 Å². The number of phenols is 1. The number of benzene rings is 1. The molecule has 0 bridgehead atoms. The maximum absolute atomic E-state index is 9.77. The van der Waals surface area contributed by atoms with Gasteiger partial charge in [0.2, 0.25) is 0 Å². The summed E-state index contributed by atoms with van der Waals surface area (Å²) in [4.78, 5) is 8.36. The molecule has 2 aromatic heterocycles. The van der Waals surface area contributed by atoms with Gasteiger partial charge in [-0.25, -0.2) is 0 Å². The first-order valence-electron chi connectivity index (χ1n) is 4.68. The molecule has 0 fully saturated rings. The molecule has 72 valence electrons. The first-order valence-corrected chi connectivity index (χ1v) is 4.68. The Balaban J connectivity index is 2.64. The van der Waals surface area contributed by atoms with E-state index in [1.165, 1.54) is 0 Å². The summed E-state index contributed by atoms with van der Waals surface area (Å²) in [5.74, 6) is 0.178. The molecule has 0 radical (unpaired) electrons. The number of fused-ring (bicyclic) bond motifs is 3. The Bertz CT molecular complexity index is 649. The van der Waals surface area contributed by atoms with Gasteiger partial charge in [0, 0.05) is 29.2 Å². The normalized spacial score (nSPS) is 10.9. The van der Waals surface area contributed by atoms with Gasteiger partial charge >= 0.3 is 0 Å². The highest BCUT2D eigenvalue weighted by Crippen LogP contribution is 2.29. The molecule has 0 atom stereocenters. The Kier molecular flexibility index (Phi) is 1.59. The lowest BCUT2D eigenvalue weighted by Gasteiger charge is -2.03. The second kappa shape index (κ2) is 2.92. The van der Waals surface area contributed by atoms with Gasteiger partial charge in [0.15, 0.2) is 0 Å². The zero-order valence-electron chi connectivity index (χ0n) is 7.88. The average Bonchev–Trinajstić information content (AvgIpc) is 2.30. The van der Waals surface area contributed by atoms with Crippen LogP contribution in [0.3, 0.4) is 0 Å². The first-order chi connectivity index (χ1) is 7.36. The first kappa shape index (κ1) is 8.17. The summed E-state index contributed by atoms with van der Waals surface area (Å²) in [6.45, 7) is 0. The van der Waals surface area contributed by atoms with Crippen LogP contribution in [0.5, 0.6) is 5.75 Å². The molecule has 2 heterocycles. The number of nitrogens with zero attached hydrogens (tertiary/aromatic N) is 2. The van der Waals surface area contributed by atoms with Crippen molar-refractivity contribution >= 4 is 21.8 Å². The Hall–Kier alpha value is -2.16. The van der Waals surface area contributed by atoms with E-state index in [0.717, 1.165) is 16.3 Å². The standard InChI is InChI=1S/C12H8N2O/c15-11-7-10-8(3-1-5-13-10)9-4-2-6-14-12(9)11/h1-7,15H. The van der Waals surface area contributed by atoms with E-state index in [9.17, 15) is 5.11 Å². The van der Waals surface area contributed by atoms with Crippen LogP contribution in [-0.2, 0) is 0 Å². The van der Waals surface area contributed by atoms with Crippen LogP contribution < -0.4 is 0 Å². The number of aromatic hydroxyl groups is 1. The molecule has 0 spiro atoms. The molecule has 0 aliphatic heterocycles. The van der Waals surface area contributed by atoms with Crippen molar-refractivity contribution in [1.82, 2.24) is 9.97 Å². The van der Waals surface area contributed by atoms with Gasteiger partial charge in [-0.15, -0.1) is 0 Å². The summed E-state index contributed by atoms with van der Waals surface area (Å²) in [5, 5.41) is 11.7. The van der Waals surface area contributed by atoms with Crippen LogP contribution in [0.1, 0.15) is 0 Å². The molecule has 3 heteroatoms. The monoisotopic (exact) mass is 196 g/mol. The SMILES string of the molecule is Oc1cc2ncccc2c2cccnc12. The van der Waals surface area contributed by atoms with Crippen molar-refractivity contribution in [3.63, 3.8) is 0 Å². The van der Waals surface area contributed by atoms with Crippen molar-refractivity contribution in [2.24, 2.45) is 0 Å². The number of hydrogen-bond acceptors (Lipinski definition) is 3. The van der Waals surface area contributed by atoms with Crippen LogP contribution >= 0.6 is 0 Å². The fourth-order valence-corrected chi connectivity index (χ4v) is 1.78. The predicted octanol–water partition coefficient (Wildman–Crippen LogP) is 2.49. The molecule has 0 unspecified atom stereocenters. The lowest BCUT2D eigenvalue weighted by Crippen LogP contribution is -1.83. The quantitative estimate of drug-likeness (QED) is 0.562. The van der Waals surface area contributed by atoms with Crippen LogP contribution in [0.4, 0.5) is 0 Å². The fourth-order valence-electron chi connectivity index (χ4n) is 1.78. The minimum absolute atomic E-state index is 0.178. The largest absolute Gasteiger partial charge is 0.506 e. The van der Waals surface area contributed by atoms with Gasteiger partial charge in [0.05, 0.1) is 5.52 Å². The van der Waals surface area contributed by atoms with E-state index in [4.69, 9.17) is 0 Å². The Labute approximate surface area is 86.0 Å². The van der Waals surface area contributed by atoms with Crippen molar-refractivity contribution in [1.29, 1.82) is 0 Å². The zero-order chi connectivity index (χ0) is 10.3. The fraction of sp³-hybridized carbons (Fsp3) is 0. The Morgan fingerprint density at radius 2 is 1.67 bits per heavy atom. The highest BCUT2D eigenvalue weighted by atomic mass is 16.3. The second-order valence-corrected chi connectivity index (χ2v) is 3.37. The van der Waals surface area contributed by atoms with E-state index in [1.807, 2.05) is 24.3 Å². The highest BCUT2D eigenvalue weighted by molar-refractivity contribution is 6.07. The van der Waals surface area contributed by atoms with Gasteiger partial charge < -0.3 is 5.11 Å². The summed E-state index contributed by atoms with van der Waals surface area (Å²) >= 11 is 0. The third kappa shape index (κ3) is 1.13. The molecule has 15 heavy (non-hydrogen) atoms. The number of rotatable bonds is 0. The molecule has 1 N–H and O–H groups in total. The van der Waals surface area contributed by atoms with Gasteiger partial charge in [-0.2, -0.15) is 0 Å². The summed E-state index contributed by atoms with van der Waals surface area (Å²) in [7, 11) is 0. The number of hydrogen-bond donors (Lipinski definition) is 1. The van der Waals surface area contributed by atoms with E-state index in [1.54, 1.807) is 18.5 Å². The minimum atomic E-state index is 0.178. The lowest BCUT2D eigenvalue weighted by molar-refractivity contribution is 0.481. The van der Waals surface area contributed by atoms with Crippen LogP contribution in [-0.4, -0.2) is 15.1 Å². The van der Waals surface area contributed by atoms with Gasteiger partial charge in [-0.1, -0.05) is 12.1 Å². The van der Waals surface area contributed by atoms with Gasteiger partial charge in [0.25, 0.3) is 0 Å². The minimum Gasteiger partial charge on any atom is -0.506 e. The molecule has 1 aromatic carbocycles. The van der Waals surface area contributed by atoms with Crippen molar-refractivity contribution in [2.75, 3.05) is 0 Å². The third-order valence-corrected chi connectivity index (χ3v) is 2.45. The van der Waals surface area contributed by atoms with Crippen molar-refractivity contribution < 1.29 is 5.11 Å². The van der Waals surface area contributed by atoms with Crippen LogP contribution in [0.15, 0.2) is 42.7 Å². The summed E-state index contributed by atoms with van der Waals surface area (Å²) < 4.78 is 0. The summed E-state index contributed by atoms with van der Waals surface area (Å²) in [5.41, 5.74) is 1.41. The number of pyridine rings is 2. The maximum Gasteiger partial charge on any atom is 0.143 e. The molecule has 0 saturated heterocycles. The molecule has 0 aliphatic carbocycles. The number of aromatic nitrogens is 2. The molecular weight excluding hydrogens is 188 g/mol. The molecule has 3 rings (SSSR count).